The van der Waals surface area contributed by atoms with E-state index in [0.717, 1.165) is 4.31 Å². The summed E-state index contributed by atoms with van der Waals surface area (Å²) in [6.07, 6.45) is 0. The summed E-state index contributed by atoms with van der Waals surface area (Å²) in [6, 6.07) is 4.57. The number of nitrogen functional groups attached to an aromatic ring is 1. The third-order valence-electron chi connectivity index (χ3n) is 3.53. The van der Waals surface area contributed by atoms with E-state index in [4.69, 9.17) is 10.2 Å². The number of sulfonamides is 1. The quantitative estimate of drug-likeness (QED) is 0.592. The predicted molar refractivity (Wildman–Crippen MR) is 103 cm³/mol. The Hall–Kier alpha value is -2.44. The number of oxazole rings is 1. The minimum absolute atomic E-state index is 0.139. The maximum atomic E-state index is 12.2. The first-order chi connectivity index (χ1) is 12.7. The number of benzene rings is 1. The molecule has 2 N–H and O–H groups in total. The Morgan fingerprint density at radius 1 is 1.11 bits per heavy atom. The van der Waals surface area contributed by atoms with Gasteiger partial charge >= 0.3 is 0 Å². The molecule has 0 aliphatic rings. The number of nitrogens with two attached hydrogens (primary N) is 1. The van der Waals surface area contributed by atoms with Crippen LogP contribution in [0.15, 0.2) is 32.7 Å². The van der Waals surface area contributed by atoms with Crippen molar-refractivity contribution in [3.05, 3.63) is 24.0 Å². The van der Waals surface area contributed by atoms with E-state index in [-0.39, 0.29) is 10.8 Å². The van der Waals surface area contributed by atoms with Gasteiger partial charge in [-0.3, -0.25) is 0 Å². The fourth-order valence-electron chi connectivity index (χ4n) is 2.14. The van der Waals surface area contributed by atoms with Gasteiger partial charge in [0.1, 0.15) is 11.3 Å². The molecular weight excluding hydrogens is 390 g/mol. The molecule has 0 spiro atoms. The van der Waals surface area contributed by atoms with Crippen molar-refractivity contribution >= 4 is 44.8 Å². The summed E-state index contributed by atoms with van der Waals surface area (Å²) in [5, 5.41) is 0.384. The Kier molecular flexibility index (Phi) is 5.22. The lowest BCUT2D eigenvalue weighted by molar-refractivity contribution is 0.489. The number of aromatic nitrogens is 4. The third kappa shape index (κ3) is 4.12. The van der Waals surface area contributed by atoms with Crippen molar-refractivity contribution in [1.82, 2.24) is 24.2 Å². The zero-order valence-electron chi connectivity index (χ0n) is 15.2. The molecule has 1 aromatic carbocycles. The van der Waals surface area contributed by atoms with Crippen molar-refractivity contribution in [3.63, 3.8) is 0 Å². The molecule has 0 aliphatic carbocycles. The highest BCUT2D eigenvalue weighted by atomic mass is 32.2. The Morgan fingerprint density at radius 2 is 1.85 bits per heavy atom. The van der Waals surface area contributed by atoms with E-state index in [1.807, 2.05) is 14.1 Å². The van der Waals surface area contributed by atoms with Gasteiger partial charge in [-0.2, -0.15) is 15.0 Å². The first-order valence-corrected chi connectivity index (χ1v) is 10.2. The minimum atomic E-state index is -3.53. The van der Waals surface area contributed by atoms with Crippen LogP contribution in [-0.4, -0.2) is 60.8 Å². The van der Waals surface area contributed by atoms with Crippen LogP contribution in [0, 0.1) is 0 Å². The molecule has 0 radical (unpaired) electrons. The smallest absolute Gasteiger partial charge is 0.257 e. The molecule has 10 nitrogen and oxygen atoms in total. The molecule has 0 saturated heterocycles. The number of hydrogen-bond donors (Lipinski definition) is 1. The molecule has 3 rings (SSSR count). The van der Waals surface area contributed by atoms with Gasteiger partial charge in [-0.1, -0.05) is 11.8 Å². The van der Waals surface area contributed by atoms with Gasteiger partial charge in [0.15, 0.2) is 5.58 Å². The van der Waals surface area contributed by atoms with Crippen LogP contribution in [0.5, 0.6) is 0 Å². The molecule has 2 aromatic heterocycles. The van der Waals surface area contributed by atoms with Crippen LogP contribution < -0.4 is 10.6 Å². The van der Waals surface area contributed by atoms with E-state index >= 15 is 0 Å². The first-order valence-electron chi connectivity index (χ1n) is 7.80. The normalized spacial score (nSPS) is 12.0. The maximum absolute atomic E-state index is 12.2. The largest absolute Gasteiger partial charge is 0.431 e. The number of nitrogens with zero attached hydrogens (tertiary/aromatic N) is 6. The summed E-state index contributed by atoms with van der Waals surface area (Å²) in [6.45, 7) is 0. The molecule has 0 fully saturated rings. The fraction of sp³-hybridized carbons (Fsp3) is 0.333. The molecule has 2 heterocycles. The van der Waals surface area contributed by atoms with Gasteiger partial charge in [-0.05, 0) is 18.2 Å². The van der Waals surface area contributed by atoms with Crippen LogP contribution in [0.4, 0.5) is 11.9 Å². The first kappa shape index (κ1) is 19.3. The van der Waals surface area contributed by atoms with Gasteiger partial charge in [0.25, 0.3) is 5.22 Å². The van der Waals surface area contributed by atoms with Crippen molar-refractivity contribution in [2.75, 3.05) is 38.8 Å². The zero-order chi connectivity index (χ0) is 19.8. The third-order valence-corrected chi connectivity index (χ3v) is 6.17. The zero-order valence-corrected chi connectivity index (χ0v) is 16.9. The Bertz CT molecular complexity index is 1080. The molecule has 12 heteroatoms. The number of fused-ring (bicyclic) bond motifs is 1. The lowest BCUT2D eigenvalue weighted by Gasteiger charge is -2.10. The molecule has 0 saturated carbocycles. The fourth-order valence-corrected chi connectivity index (χ4v) is 3.75. The highest BCUT2D eigenvalue weighted by Gasteiger charge is 2.19. The summed E-state index contributed by atoms with van der Waals surface area (Å²) in [4.78, 5) is 18.7. The highest BCUT2D eigenvalue weighted by Crippen LogP contribution is 2.27. The van der Waals surface area contributed by atoms with E-state index in [0.29, 0.717) is 33.8 Å². The minimum Gasteiger partial charge on any atom is -0.431 e. The molecule has 144 valence electrons. The predicted octanol–water partition coefficient (Wildman–Crippen LogP) is 1.20. The second-order valence-electron chi connectivity index (χ2n) is 5.99. The van der Waals surface area contributed by atoms with Gasteiger partial charge in [-0.15, -0.1) is 0 Å². The molecule has 27 heavy (non-hydrogen) atoms. The van der Waals surface area contributed by atoms with E-state index in [2.05, 4.69) is 19.9 Å². The highest BCUT2D eigenvalue weighted by molar-refractivity contribution is 7.98. The van der Waals surface area contributed by atoms with Crippen molar-refractivity contribution in [2.24, 2.45) is 0 Å². The van der Waals surface area contributed by atoms with Gasteiger partial charge < -0.3 is 15.1 Å². The van der Waals surface area contributed by atoms with Crippen LogP contribution in [0.25, 0.3) is 11.1 Å². The molecule has 0 atom stereocenters. The summed E-state index contributed by atoms with van der Waals surface area (Å²) >= 11 is 1.28. The molecule has 0 unspecified atom stereocenters. The van der Waals surface area contributed by atoms with Crippen LogP contribution in [0.1, 0.15) is 5.82 Å². The van der Waals surface area contributed by atoms with Gasteiger partial charge in [0, 0.05) is 28.2 Å². The van der Waals surface area contributed by atoms with E-state index in [1.54, 1.807) is 11.0 Å². The molecule has 0 aliphatic heterocycles. The molecule has 0 amide bonds. The SMILES string of the molecule is CN(C)c1nc(N)nc(CSc2nc3cc(S(=O)(=O)N(C)C)ccc3o2)n1. The van der Waals surface area contributed by atoms with Crippen LogP contribution in [-0.2, 0) is 15.8 Å². The number of rotatable bonds is 6. The molecule has 3 aromatic rings. The second-order valence-corrected chi connectivity index (χ2v) is 9.07. The monoisotopic (exact) mass is 409 g/mol. The molecule has 0 bridgehead atoms. The van der Waals surface area contributed by atoms with Crippen molar-refractivity contribution < 1.29 is 12.8 Å². The van der Waals surface area contributed by atoms with Crippen LogP contribution in [0.2, 0.25) is 0 Å². The van der Waals surface area contributed by atoms with Crippen molar-refractivity contribution in [3.8, 4) is 0 Å². The maximum Gasteiger partial charge on any atom is 0.257 e. The second kappa shape index (κ2) is 7.29. The van der Waals surface area contributed by atoms with Crippen LogP contribution >= 0.6 is 11.8 Å². The van der Waals surface area contributed by atoms with Crippen molar-refractivity contribution in [2.45, 2.75) is 15.9 Å². The number of thioether (sulfide) groups is 1. The van der Waals surface area contributed by atoms with E-state index in [9.17, 15) is 8.42 Å². The summed E-state index contributed by atoms with van der Waals surface area (Å²) in [5.41, 5.74) is 6.67. The van der Waals surface area contributed by atoms with E-state index in [1.165, 1.54) is 38.0 Å². The topological polar surface area (TPSA) is 131 Å². The Balaban J connectivity index is 1.83. The van der Waals surface area contributed by atoms with Gasteiger partial charge in [0.2, 0.25) is 21.9 Å². The number of hydrogen-bond acceptors (Lipinski definition) is 10. The van der Waals surface area contributed by atoms with Gasteiger partial charge in [-0.25, -0.2) is 17.7 Å². The summed E-state index contributed by atoms with van der Waals surface area (Å²) < 4.78 is 31.3. The van der Waals surface area contributed by atoms with E-state index < -0.39 is 10.0 Å². The summed E-state index contributed by atoms with van der Waals surface area (Å²) in [7, 11) is 3.05. The van der Waals surface area contributed by atoms with Gasteiger partial charge in [0.05, 0.1) is 10.6 Å². The Morgan fingerprint density at radius 3 is 2.52 bits per heavy atom. The van der Waals surface area contributed by atoms with Crippen molar-refractivity contribution in [1.29, 1.82) is 0 Å². The summed E-state index contributed by atoms with van der Waals surface area (Å²) in [5.74, 6) is 1.48. The lowest BCUT2D eigenvalue weighted by Crippen LogP contribution is -2.22. The Labute approximate surface area is 160 Å². The average Bonchev–Trinajstić information content (AvgIpc) is 3.01. The standard InChI is InChI=1S/C15H19N7O3S2/c1-21(2)14-19-12(18-13(16)20-14)8-26-15-17-10-7-9(5-6-11(10)25-15)27(23,24)22(3)4/h5-7H,8H2,1-4H3,(H2,16,18,19,20). The average molecular weight is 409 g/mol. The van der Waals surface area contributed by atoms with Crippen LogP contribution in [0.3, 0.4) is 0 Å². The number of anilines is 2. The molecular formula is C15H19N7O3S2. The lowest BCUT2D eigenvalue weighted by atomic mass is 10.3.